The van der Waals surface area contributed by atoms with E-state index >= 15 is 0 Å². The molecule has 22 heavy (non-hydrogen) atoms. The lowest BCUT2D eigenvalue weighted by Crippen LogP contribution is -3.12. The number of amides is 1. The number of piperidine rings is 1. The standard InChI is InChI=1S/C16H22N2O3S/c19-15(11-22-12-16(20)21)17-14-6-8-18(9-7-14)10-13-4-2-1-3-5-13/h1-5,14H,6-12H2,(H,17,19)(H,20,21). The van der Waals surface area contributed by atoms with Crippen LogP contribution in [0.25, 0.3) is 0 Å². The number of quaternary nitrogens is 1. The number of aliphatic carboxylic acids is 1. The van der Waals surface area contributed by atoms with Crippen molar-refractivity contribution in [2.24, 2.45) is 0 Å². The van der Waals surface area contributed by atoms with Gasteiger partial charge in [-0.2, -0.15) is 0 Å². The fraction of sp³-hybridized carbons (Fsp3) is 0.500. The summed E-state index contributed by atoms with van der Waals surface area (Å²) in [6, 6.07) is 10.7. The molecule has 1 aromatic carbocycles. The maximum Gasteiger partial charge on any atom is 0.230 e. The largest absolute Gasteiger partial charge is 0.549 e. The van der Waals surface area contributed by atoms with Gasteiger partial charge in [0.1, 0.15) is 6.54 Å². The van der Waals surface area contributed by atoms with Crippen LogP contribution in [-0.2, 0) is 16.1 Å². The third-order valence-electron chi connectivity index (χ3n) is 3.81. The first-order chi connectivity index (χ1) is 10.6. The van der Waals surface area contributed by atoms with Crippen LogP contribution in [0, 0.1) is 0 Å². The average Bonchev–Trinajstić information content (AvgIpc) is 2.50. The summed E-state index contributed by atoms with van der Waals surface area (Å²) in [5.41, 5.74) is 1.35. The van der Waals surface area contributed by atoms with Crippen molar-refractivity contribution in [2.45, 2.75) is 25.4 Å². The number of likely N-dealkylation sites (tertiary alicyclic amines) is 1. The zero-order chi connectivity index (χ0) is 15.8. The minimum Gasteiger partial charge on any atom is -0.549 e. The molecular formula is C16H22N2O3S. The summed E-state index contributed by atoms with van der Waals surface area (Å²) >= 11 is 1.08. The highest BCUT2D eigenvalue weighted by Gasteiger charge is 2.23. The summed E-state index contributed by atoms with van der Waals surface area (Å²) in [7, 11) is 0. The summed E-state index contributed by atoms with van der Waals surface area (Å²) in [6.07, 6.45) is 1.94. The maximum absolute atomic E-state index is 11.7. The van der Waals surface area contributed by atoms with Gasteiger partial charge in [-0.1, -0.05) is 30.3 Å². The summed E-state index contributed by atoms with van der Waals surface area (Å²) in [5.74, 6) is -1.16. The Labute approximate surface area is 135 Å². The number of hydrogen-bond donors (Lipinski definition) is 2. The van der Waals surface area contributed by atoms with Gasteiger partial charge in [0.15, 0.2) is 0 Å². The number of carbonyl (C=O) groups excluding carboxylic acids is 2. The van der Waals surface area contributed by atoms with Crippen LogP contribution in [0.3, 0.4) is 0 Å². The second kappa shape index (κ2) is 8.80. The fourth-order valence-electron chi connectivity index (χ4n) is 2.73. The first-order valence-electron chi connectivity index (χ1n) is 7.58. The molecule has 0 aliphatic carbocycles. The first-order valence-corrected chi connectivity index (χ1v) is 8.73. The quantitative estimate of drug-likeness (QED) is 0.664. The molecule has 1 heterocycles. The number of carbonyl (C=O) groups is 2. The molecule has 6 heteroatoms. The second-order valence-corrected chi connectivity index (χ2v) is 6.60. The molecule has 2 N–H and O–H groups in total. The summed E-state index contributed by atoms with van der Waals surface area (Å²) in [4.78, 5) is 23.5. The van der Waals surface area contributed by atoms with Gasteiger partial charge in [-0.25, -0.2) is 0 Å². The van der Waals surface area contributed by atoms with Crippen LogP contribution in [0.2, 0.25) is 0 Å². The average molecular weight is 322 g/mol. The molecule has 0 unspecified atom stereocenters. The van der Waals surface area contributed by atoms with E-state index < -0.39 is 5.97 Å². The zero-order valence-corrected chi connectivity index (χ0v) is 13.4. The van der Waals surface area contributed by atoms with Crippen molar-refractivity contribution in [3.63, 3.8) is 0 Å². The van der Waals surface area contributed by atoms with Crippen LogP contribution in [0.15, 0.2) is 30.3 Å². The molecule has 0 aromatic heterocycles. The van der Waals surface area contributed by atoms with Crippen molar-refractivity contribution >= 4 is 23.6 Å². The van der Waals surface area contributed by atoms with Crippen LogP contribution in [0.4, 0.5) is 0 Å². The van der Waals surface area contributed by atoms with Crippen molar-refractivity contribution < 1.29 is 19.6 Å². The van der Waals surface area contributed by atoms with Crippen LogP contribution < -0.4 is 15.3 Å². The Morgan fingerprint density at radius 2 is 1.86 bits per heavy atom. The van der Waals surface area contributed by atoms with E-state index in [0.717, 1.165) is 44.2 Å². The Balaban J connectivity index is 1.64. The fourth-order valence-corrected chi connectivity index (χ4v) is 3.27. The molecule has 0 saturated carbocycles. The third kappa shape index (κ3) is 6.07. The molecule has 1 aromatic rings. The Kier molecular flexibility index (Phi) is 6.74. The highest BCUT2D eigenvalue weighted by molar-refractivity contribution is 8.00. The normalized spacial score (nSPS) is 21.3. The van der Waals surface area contributed by atoms with Crippen molar-refractivity contribution in [3.8, 4) is 0 Å². The Morgan fingerprint density at radius 1 is 1.18 bits per heavy atom. The van der Waals surface area contributed by atoms with Gasteiger partial charge in [-0.3, -0.25) is 4.79 Å². The molecule has 0 spiro atoms. The lowest BCUT2D eigenvalue weighted by Gasteiger charge is -2.29. The van der Waals surface area contributed by atoms with E-state index in [1.807, 2.05) is 6.07 Å². The summed E-state index contributed by atoms with van der Waals surface area (Å²) in [5, 5.41) is 13.3. The van der Waals surface area contributed by atoms with Gasteiger partial charge in [0, 0.05) is 30.2 Å². The maximum atomic E-state index is 11.7. The highest BCUT2D eigenvalue weighted by atomic mass is 32.2. The monoisotopic (exact) mass is 322 g/mol. The van der Waals surface area contributed by atoms with E-state index in [-0.39, 0.29) is 23.5 Å². The third-order valence-corrected chi connectivity index (χ3v) is 4.71. The topological polar surface area (TPSA) is 73.7 Å². The van der Waals surface area contributed by atoms with Gasteiger partial charge in [-0.15, -0.1) is 11.8 Å². The smallest absolute Gasteiger partial charge is 0.230 e. The predicted octanol–water partition coefficient (Wildman–Crippen LogP) is -1.17. The van der Waals surface area contributed by atoms with Crippen LogP contribution in [0.1, 0.15) is 18.4 Å². The number of rotatable bonds is 7. The summed E-state index contributed by atoms with van der Waals surface area (Å²) in [6.45, 7) is 3.13. The van der Waals surface area contributed by atoms with Gasteiger partial charge in [0.25, 0.3) is 0 Å². The van der Waals surface area contributed by atoms with E-state index in [4.69, 9.17) is 0 Å². The van der Waals surface area contributed by atoms with Crippen molar-refractivity contribution in [1.82, 2.24) is 5.32 Å². The van der Waals surface area contributed by atoms with Crippen molar-refractivity contribution in [2.75, 3.05) is 24.6 Å². The Bertz CT molecular complexity index is 487. The Hall–Kier alpha value is -1.53. The Morgan fingerprint density at radius 3 is 2.50 bits per heavy atom. The van der Waals surface area contributed by atoms with Gasteiger partial charge in [0.05, 0.1) is 24.8 Å². The van der Waals surface area contributed by atoms with Gasteiger partial charge >= 0.3 is 0 Å². The molecule has 5 nitrogen and oxygen atoms in total. The van der Waals surface area contributed by atoms with E-state index in [0.29, 0.717) is 0 Å². The molecule has 0 bridgehead atoms. The van der Waals surface area contributed by atoms with E-state index in [9.17, 15) is 14.7 Å². The molecule has 0 atom stereocenters. The van der Waals surface area contributed by atoms with Crippen LogP contribution in [-0.4, -0.2) is 42.5 Å². The lowest BCUT2D eigenvalue weighted by atomic mass is 10.0. The molecule has 1 amide bonds. The number of thioether (sulfide) groups is 1. The lowest BCUT2D eigenvalue weighted by molar-refractivity contribution is -0.918. The van der Waals surface area contributed by atoms with Crippen LogP contribution >= 0.6 is 11.8 Å². The van der Waals surface area contributed by atoms with E-state index in [1.54, 1.807) is 4.90 Å². The van der Waals surface area contributed by atoms with Gasteiger partial charge in [-0.05, 0) is 0 Å². The summed E-state index contributed by atoms with van der Waals surface area (Å²) < 4.78 is 0. The van der Waals surface area contributed by atoms with E-state index in [2.05, 4.69) is 29.6 Å². The first kappa shape index (κ1) is 16.8. The van der Waals surface area contributed by atoms with E-state index in [1.165, 1.54) is 5.56 Å². The van der Waals surface area contributed by atoms with Crippen molar-refractivity contribution in [1.29, 1.82) is 0 Å². The number of nitrogens with one attached hydrogen (secondary N) is 2. The SMILES string of the molecule is O=C([O-])CSCC(=O)NC1CC[NH+](Cc2ccccc2)CC1. The molecule has 1 saturated heterocycles. The highest BCUT2D eigenvalue weighted by Crippen LogP contribution is 2.03. The van der Waals surface area contributed by atoms with Gasteiger partial charge in [0.2, 0.25) is 5.91 Å². The minimum absolute atomic E-state index is 0.0808. The number of hydrogen-bond acceptors (Lipinski definition) is 4. The molecule has 2 rings (SSSR count). The molecular weight excluding hydrogens is 300 g/mol. The molecule has 0 radical (unpaired) electrons. The number of benzene rings is 1. The number of carboxylic acid groups (broad SMARTS) is 1. The molecule has 1 aliphatic heterocycles. The molecule has 1 aliphatic rings. The minimum atomic E-state index is -1.13. The molecule has 120 valence electrons. The number of carboxylic acids is 1. The molecule has 1 fully saturated rings. The van der Waals surface area contributed by atoms with Gasteiger partial charge < -0.3 is 20.1 Å². The van der Waals surface area contributed by atoms with Crippen molar-refractivity contribution in [3.05, 3.63) is 35.9 Å². The van der Waals surface area contributed by atoms with Crippen LogP contribution in [0.5, 0.6) is 0 Å². The zero-order valence-electron chi connectivity index (χ0n) is 12.5. The second-order valence-electron chi connectivity index (χ2n) is 5.62. The predicted molar refractivity (Wildman–Crippen MR) is 84.3 cm³/mol.